The summed E-state index contributed by atoms with van der Waals surface area (Å²) >= 11 is 1.54. The first-order valence-electron chi connectivity index (χ1n) is 12.4. The van der Waals surface area contributed by atoms with Crippen molar-refractivity contribution in [3.8, 4) is 5.88 Å². The van der Waals surface area contributed by atoms with Crippen LogP contribution in [0, 0.1) is 5.92 Å². The van der Waals surface area contributed by atoms with Crippen LogP contribution in [0.1, 0.15) is 80.7 Å². The van der Waals surface area contributed by atoms with Gasteiger partial charge in [0.1, 0.15) is 0 Å². The zero-order valence-electron chi connectivity index (χ0n) is 19.5. The lowest BCUT2D eigenvalue weighted by Gasteiger charge is -2.33. The van der Waals surface area contributed by atoms with Gasteiger partial charge in [-0.1, -0.05) is 56.5 Å². The van der Waals surface area contributed by atoms with Crippen molar-refractivity contribution in [2.45, 2.75) is 70.1 Å². The second-order valence-corrected chi connectivity index (χ2v) is 10.2. The fraction of sp³-hybridized carbons (Fsp3) is 0.577. The molecule has 1 aliphatic carbocycles. The molecule has 33 heavy (non-hydrogen) atoms. The molecule has 2 aromatic rings. The molecular formula is C26H35N3O3S. The van der Waals surface area contributed by atoms with Crippen LogP contribution in [0.2, 0.25) is 0 Å². The number of likely N-dealkylation sites (tertiary alicyclic amines) is 1. The van der Waals surface area contributed by atoms with E-state index in [4.69, 9.17) is 4.74 Å². The summed E-state index contributed by atoms with van der Waals surface area (Å²) in [4.78, 5) is 31.8. The highest BCUT2D eigenvalue weighted by atomic mass is 32.1. The Bertz CT molecular complexity index is 903. The van der Waals surface area contributed by atoms with Crippen LogP contribution in [0.15, 0.2) is 35.7 Å². The van der Waals surface area contributed by atoms with E-state index >= 15 is 0 Å². The molecule has 1 saturated carbocycles. The normalized spacial score (nSPS) is 18.6. The minimum absolute atomic E-state index is 0.0743. The molecule has 1 unspecified atom stereocenters. The Labute approximate surface area is 200 Å². The number of hydrogen-bond donors (Lipinski definition) is 1. The summed E-state index contributed by atoms with van der Waals surface area (Å²) in [6, 6.07) is 10.1. The molecule has 1 atom stereocenters. The molecular weight excluding hydrogens is 434 g/mol. The number of rotatable bonds is 7. The number of piperidine rings is 1. The second kappa shape index (κ2) is 11.6. The summed E-state index contributed by atoms with van der Waals surface area (Å²) < 4.78 is 5.42. The first-order valence-corrected chi connectivity index (χ1v) is 13.3. The van der Waals surface area contributed by atoms with E-state index in [2.05, 4.69) is 17.2 Å². The molecule has 7 heteroatoms. The van der Waals surface area contributed by atoms with E-state index in [1.807, 2.05) is 40.6 Å². The predicted octanol–water partition coefficient (Wildman–Crippen LogP) is 5.71. The van der Waals surface area contributed by atoms with Gasteiger partial charge in [0.2, 0.25) is 11.8 Å². The lowest BCUT2D eigenvalue weighted by Crippen LogP contribution is -2.40. The van der Waals surface area contributed by atoms with Crippen LogP contribution in [-0.4, -0.2) is 41.5 Å². The van der Waals surface area contributed by atoms with Crippen molar-refractivity contribution >= 4 is 23.3 Å². The Morgan fingerprint density at radius 3 is 2.55 bits per heavy atom. The number of carbonyl (C=O) groups is 2. The summed E-state index contributed by atoms with van der Waals surface area (Å²) in [7, 11) is 0. The number of thiazole rings is 1. The maximum Gasteiger partial charge on any atom is 0.413 e. The third kappa shape index (κ3) is 6.34. The lowest BCUT2D eigenvalue weighted by molar-refractivity contribution is -0.134. The summed E-state index contributed by atoms with van der Waals surface area (Å²) in [6.45, 7) is 4.24. The van der Waals surface area contributed by atoms with E-state index in [1.54, 1.807) is 11.3 Å². The lowest BCUT2D eigenvalue weighted by atomic mass is 9.89. The third-order valence-electron chi connectivity index (χ3n) is 7.02. The Kier molecular flexibility index (Phi) is 8.37. The molecule has 1 saturated heterocycles. The first kappa shape index (κ1) is 23.7. The van der Waals surface area contributed by atoms with E-state index in [0.29, 0.717) is 24.3 Å². The van der Waals surface area contributed by atoms with Crippen LogP contribution in [0.3, 0.4) is 0 Å². The number of nitrogens with zero attached hydrogens (tertiary/aromatic N) is 2. The van der Waals surface area contributed by atoms with E-state index in [9.17, 15) is 9.59 Å². The Morgan fingerprint density at radius 2 is 1.85 bits per heavy atom. The van der Waals surface area contributed by atoms with Crippen LogP contribution >= 0.6 is 11.3 Å². The van der Waals surface area contributed by atoms with Crippen LogP contribution in [0.25, 0.3) is 0 Å². The van der Waals surface area contributed by atoms with Gasteiger partial charge in [-0.2, -0.15) is 0 Å². The highest BCUT2D eigenvalue weighted by molar-refractivity contribution is 7.09. The highest BCUT2D eigenvalue weighted by Gasteiger charge is 2.30. The average molecular weight is 470 g/mol. The zero-order chi connectivity index (χ0) is 23.0. The van der Waals surface area contributed by atoms with Gasteiger partial charge < -0.3 is 15.0 Å². The van der Waals surface area contributed by atoms with Gasteiger partial charge in [-0.05, 0) is 43.6 Å². The number of amides is 2. The number of carbonyl (C=O) groups excluding carboxylic acids is 2. The van der Waals surface area contributed by atoms with E-state index in [0.717, 1.165) is 42.9 Å². The molecule has 178 valence electrons. The SMILES string of the molecule is CCC(C(=O)N1CCC(c2nc(OC(=O)NCC3CCCCC3)cs2)CC1)c1ccccc1. The standard InChI is InChI=1S/C26H35N3O3S/c1-2-22(20-11-7-4-8-12-20)25(30)29-15-13-21(14-16-29)24-28-23(18-33-24)32-26(31)27-17-19-9-5-3-6-10-19/h4,7-8,11-12,18-19,21-22H,2-3,5-6,9-10,13-17H2,1H3,(H,27,31). The fourth-order valence-electron chi connectivity index (χ4n) is 5.06. The number of aromatic nitrogens is 1. The van der Waals surface area contributed by atoms with Gasteiger partial charge in [-0.25, -0.2) is 9.78 Å². The van der Waals surface area contributed by atoms with Crippen molar-refractivity contribution in [1.82, 2.24) is 15.2 Å². The molecule has 2 heterocycles. The monoisotopic (exact) mass is 469 g/mol. The molecule has 1 aliphatic heterocycles. The summed E-state index contributed by atoms with van der Waals surface area (Å²) in [6.07, 6.45) is 8.36. The van der Waals surface area contributed by atoms with Gasteiger partial charge in [0.15, 0.2) is 0 Å². The second-order valence-electron chi connectivity index (χ2n) is 9.27. The van der Waals surface area contributed by atoms with Crippen molar-refractivity contribution in [3.63, 3.8) is 0 Å². The number of nitrogens with one attached hydrogen (secondary N) is 1. The summed E-state index contributed by atoms with van der Waals surface area (Å²) in [5, 5.41) is 5.70. The number of ether oxygens (including phenoxy) is 1. The minimum Gasteiger partial charge on any atom is -0.390 e. The molecule has 4 rings (SSSR count). The number of benzene rings is 1. The molecule has 2 amide bonds. The van der Waals surface area contributed by atoms with Crippen molar-refractivity contribution < 1.29 is 14.3 Å². The maximum atomic E-state index is 13.1. The fourth-order valence-corrected chi connectivity index (χ4v) is 5.96. The molecule has 2 aliphatic rings. The van der Waals surface area contributed by atoms with Gasteiger partial charge in [-0.3, -0.25) is 4.79 Å². The smallest absolute Gasteiger partial charge is 0.390 e. The Morgan fingerprint density at radius 1 is 1.12 bits per heavy atom. The Balaban J connectivity index is 1.24. The highest BCUT2D eigenvalue weighted by Crippen LogP contribution is 2.33. The number of hydrogen-bond acceptors (Lipinski definition) is 5. The van der Waals surface area contributed by atoms with Crippen molar-refractivity contribution in [2.75, 3.05) is 19.6 Å². The maximum absolute atomic E-state index is 13.1. The predicted molar refractivity (Wildman–Crippen MR) is 131 cm³/mol. The molecule has 6 nitrogen and oxygen atoms in total. The third-order valence-corrected chi connectivity index (χ3v) is 8.01. The molecule has 1 aromatic heterocycles. The van der Waals surface area contributed by atoms with Crippen LogP contribution < -0.4 is 10.1 Å². The van der Waals surface area contributed by atoms with Crippen molar-refractivity contribution in [2.24, 2.45) is 5.92 Å². The summed E-state index contributed by atoms with van der Waals surface area (Å²) in [5.74, 6) is 1.40. The molecule has 0 bridgehead atoms. The quantitative estimate of drug-likeness (QED) is 0.564. The van der Waals surface area contributed by atoms with E-state index < -0.39 is 6.09 Å². The molecule has 1 aromatic carbocycles. The zero-order valence-corrected chi connectivity index (χ0v) is 20.3. The largest absolute Gasteiger partial charge is 0.413 e. The van der Waals surface area contributed by atoms with E-state index in [1.165, 1.54) is 32.1 Å². The van der Waals surface area contributed by atoms with Crippen LogP contribution in [0.4, 0.5) is 4.79 Å². The van der Waals surface area contributed by atoms with Crippen LogP contribution in [0.5, 0.6) is 5.88 Å². The summed E-state index contributed by atoms with van der Waals surface area (Å²) in [5.41, 5.74) is 1.09. The van der Waals surface area contributed by atoms with Crippen LogP contribution in [-0.2, 0) is 4.79 Å². The average Bonchev–Trinajstić information content (AvgIpc) is 3.33. The molecule has 1 N–H and O–H groups in total. The van der Waals surface area contributed by atoms with E-state index in [-0.39, 0.29) is 11.8 Å². The molecule has 0 radical (unpaired) electrons. The van der Waals surface area contributed by atoms with Gasteiger partial charge in [0, 0.05) is 25.6 Å². The van der Waals surface area contributed by atoms with Gasteiger partial charge in [0.25, 0.3) is 0 Å². The minimum atomic E-state index is -0.413. The molecule has 2 fully saturated rings. The van der Waals surface area contributed by atoms with Crippen molar-refractivity contribution in [3.05, 3.63) is 46.3 Å². The molecule has 0 spiro atoms. The van der Waals surface area contributed by atoms with Gasteiger partial charge in [0.05, 0.1) is 16.3 Å². The van der Waals surface area contributed by atoms with Gasteiger partial charge >= 0.3 is 6.09 Å². The first-order chi connectivity index (χ1) is 16.1. The van der Waals surface area contributed by atoms with Crippen molar-refractivity contribution in [1.29, 1.82) is 0 Å². The topological polar surface area (TPSA) is 71.5 Å². The Hall–Kier alpha value is -2.41. The van der Waals surface area contributed by atoms with Gasteiger partial charge in [-0.15, -0.1) is 11.3 Å².